The molecule has 4 nitrogen and oxygen atoms in total. The maximum absolute atomic E-state index is 12.7. The van der Waals surface area contributed by atoms with Crippen molar-refractivity contribution >= 4 is 27.5 Å². The van der Waals surface area contributed by atoms with E-state index in [2.05, 4.69) is 38.3 Å². The first kappa shape index (κ1) is 23.1. The molecule has 0 radical (unpaired) electrons. The van der Waals surface area contributed by atoms with Crippen molar-refractivity contribution < 1.29 is 9.53 Å². The van der Waals surface area contributed by atoms with Crippen LogP contribution in [0.1, 0.15) is 42.5 Å². The van der Waals surface area contributed by atoms with E-state index in [1.807, 2.05) is 60.7 Å². The zero-order chi connectivity index (χ0) is 23.3. The Balaban J connectivity index is 1.15. The number of benzene rings is 3. The van der Waals surface area contributed by atoms with Crippen LogP contribution in [-0.2, 0) is 0 Å². The summed E-state index contributed by atoms with van der Waals surface area (Å²) in [5.74, 6) is 1.37. The monoisotopic (exact) mass is 518 g/mol. The molecule has 0 aromatic heterocycles. The third-order valence-electron chi connectivity index (χ3n) is 7.13. The van der Waals surface area contributed by atoms with Crippen LogP contribution in [0.15, 0.2) is 77.3 Å². The topological polar surface area (TPSA) is 41.6 Å². The molecule has 5 rings (SSSR count). The molecule has 2 atom stereocenters. The van der Waals surface area contributed by atoms with Crippen LogP contribution in [0.4, 0.5) is 5.69 Å². The molecule has 2 fully saturated rings. The van der Waals surface area contributed by atoms with E-state index in [0.717, 1.165) is 33.6 Å². The second kappa shape index (κ2) is 10.7. The van der Waals surface area contributed by atoms with Crippen molar-refractivity contribution in [3.05, 3.63) is 82.8 Å². The summed E-state index contributed by atoms with van der Waals surface area (Å²) in [5.41, 5.74) is 3.61. The van der Waals surface area contributed by atoms with Gasteiger partial charge in [-0.1, -0.05) is 46.6 Å². The summed E-state index contributed by atoms with van der Waals surface area (Å²) in [6.45, 7) is 3.28. The van der Waals surface area contributed by atoms with E-state index in [9.17, 15) is 4.79 Å². The summed E-state index contributed by atoms with van der Waals surface area (Å²) in [6, 6.07) is 24.3. The Hall–Kier alpha value is -2.63. The molecule has 5 heteroatoms. The third kappa shape index (κ3) is 5.53. The number of anilines is 1. The number of carbonyl (C=O) groups is 1. The molecule has 2 heterocycles. The zero-order valence-electron chi connectivity index (χ0n) is 19.4. The average molecular weight is 519 g/mol. The molecule has 3 aromatic rings. The highest BCUT2D eigenvalue weighted by Gasteiger charge is 2.33. The Labute approximate surface area is 210 Å². The molecule has 34 heavy (non-hydrogen) atoms. The fourth-order valence-electron chi connectivity index (χ4n) is 5.27. The van der Waals surface area contributed by atoms with Gasteiger partial charge in [-0.2, -0.15) is 0 Å². The van der Waals surface area contributed by atoms with Gasteiger partial charge in [-0.3, -0.25) is 9.69 Å². The Morgan fingerprint density at radius 2 is 1.53 bits per heavy atom. The van der Waals surface area contributed by atoms with Crippen LogP contribution in [0.5, 0.6) is 5.75 Å². The first-order valence-electron chi connectivity index (χ1n) is 12.3. The summed E-state index contributed by atoms with van der Waals surface area (Å²) in [7, 11) is 0. The minimum Gasteiger partial charge on any atom is -0.493 e. The molecule has 0 aliphatic carbocycles. The molecule has 0 unspecified atom stereocenters. The van der Waals surface area contributed by atoms with Crippen molar-refractivity contribution in [2.45, 2.75) is 38.1 Å². The molecular formula is C29H31BrN2O2. The largest absolute Gasteiger partial charge is 0.493 e. The van der Waals surface area contributed by atoms with Crippen molar-refractivity contribution in [3.63, 3.8) is 0 Å². The molecule has 176 valence electrons. The summed E-state index contributed by atoms with van der Waals surface area (Å²) in [5, 5.41) is 2.99. The van der Waals surface area contributed by atoms with Gasteiger partial charge in [0.1, 0.15) is 5.75 Å². The molecule has 0 spiro atoms. The van der Waals surface area contributed by atoms with Crippen molar-refractivity contribution in [1.82, 2.24) is 4.90 Å². The lowest BCUT2D eigenvalue weighted by Crippen LogP contribution is -2.49. The first-order valence-corrected chi connectivity index (χ1v) is 13.1. The average Bonchev–Trinajstić information content (AvgIpc) is 2.89. The number of amides is 1. The van der Waals surface area contributed by atoms with E-state index in [0.29, 0.717) is 17.5 Å². The molecule has 1 N–H and O–H groups in total. The van der Waals surface area contributed by atoms with E-state index >= 15 is 0 Å². The molecule has 2 saturated heterocycles. The van der Waals surface area contributed by atoms with E-state index < -0.39 is 0 Å². The van der Waals surface area contributed by atoms with Crippen LogP contribution in [0.25, 0.3) is 11.1 Å². The Kier molecular flexibility index (Phi) is 7.31. The van der Waals surface area contributed by atoms with Crippen LogP contribution in [0, 0.1) is 5.92 Å². The second-order valence-electron chi connectivity index (χ2n) is 9.38. The number of nitrogens with one attached hydrogen (secondary N) is 1. The number of piperidine rings is 2. The van der Waals surface area contributed by atoms with E-state index in [1.54, 1.807) is 0 Å². The number of fused-ring (bicyclic) bond motifs is 1. The molecule has 0 saturated carbocycles. The third-order valence-corrected chi connectivity index (χ3v) is 7.66. The quantitative estimate of drug-likeness (QED) is 0.381. The summed E-state index contributed by atoms with van der Waals surface area (Å²) in [4.78, 5) is 15.4. The number of ether oxygens (including phenoxy) is 1. The summed E-state index contributed by atoms with van der Waals surface area (Å²) in [6.07, 6.45) is 6.53. The maximum Gasteiger partial charge on any atom is 0.255 e. The SMILES string of the molecule is O=C(Nc1ccc(OC[C@@H]2CCCN3CCCC[C@H]23)cc1)c1ccc(-c2ccc(Br)cc2)cc1. The first-order chi connectivity index (χ1) is 16.7. The van der Waals surface area contributed by atoms with Crippen LogP contribution >= 0.6 is 15.9 Å². The highest BCUT2D eigenvalue weighted by atomic mass is 79.9. The van der Waals surface area contributed by atoms with Gasteiger partial charge >= 0.3 is 0 Å². The molecule has 0 bridgehead atoms. The van der Waals surface area contributed by atoms with Gasteiger partial charge in [0.2, 0.25) is 0 Å². The van der Waals surface area contributed by atoms with Crippen LogP contribution in [0.3, 0.4) is 0 Å². The summed E-state index contributed by atoms with van der Waals surface area (Å²) >= 11 is 3.46. The number of carbonyl (C=O) groups excluding carboxylic acids is 1. The predicted molar refractivity (Wildman–Crippen MR) is 141 cm³/mol. The van der Waals surface area contributed by atoms with E-state index in [1.165, 1.54) is 45.2 Å². The Morgan fingerprint density at radius 1 is 0.853 bits per heavy atom. The standard InChI is InChI=1S/C29H31BrN2O2/c30-25-12-10-22(11-13-25)21-6-8-23(9-7-21)29(33)31-26-14-16-27(17-15-26)34-20-24-4-3-19-32-18-2-1-5-28(24)32/h6-17,24,28H,1-5,18-20H2,(H,31,33)/t24-,28+/m0/s1. The van der Waals surface area contributed by atoms with Gasteiger partial charge in [-0.05, 0) is 98.4 Å². The number of halogens is 1. The van der Waals surface area contributed by atoms with E-state index in [-0.39, 0.29) is 5.91 Å². The van der Waals surface area contributed by atoms with Gasteiger partial charge in [-0.25, -0.2) is 0 Å². The van der Waals surface area contributed by atoms with Crippen molar-refractivity contribution in [2.24, 2.45) is 5.92 Å². The molecule has 2 aliphatic rings. The van der Waals surface area contributed by atoms with Gasteiger partial charge in [-0.15, -0.1) is 0 Å². The van der Waals surface area contributed by atoms with Crippen LogP contribution in [0.2, 0.25) is 0 Å². The van der Waals surface area contributed by atoms with Crippen molar-refractivity contribution in [1.29, 1.82) is 0 Å². The Morgan fingerprint density at radius 3 is 2.26 bits per heavy atom. The van der Waals surface area contributed by atoms with Crippen LogP contribution < -0.4 is 10.1 Å². The fraction of sp³-hybridized carbons (Fsp3) is 0.345. The molecule has 1 amide bonds. The van der Waals surface area contributed by atoms with E-state index in [4.69, 9.17) is 4.74 Å². The Bertz CT molecular complexity index is 1090. The number of hydrogen-bond acceptors (Lipinski definition) is 3. The van der Waals surface area contributed by atoms with Gasteiger partial charge in [0.05, 0.1) is 6.61 Å². The minimum absolute atomic E-state index is 0.115. The lowest BCUT2D eigenvalue weighted by molar-refractivity contribution is 0.0366. The van der Waals surface area contributed by atoms with Crippen molar-refractivity contribution in [2.75, 3.05) is 25.0 Å². The molecular weight excluding hydrogens is 488 g/mol. The normalized spacial score (nSPS) is 20.4. The predicted octanol–water partition coefficient (Wildman–Crippen LogP) is 7.01. The number of hydrogen-bond donors (Lipinski definition) is 1. The minimum atomic E-state index is -0.115. The van der Waals surface area contributed by atoms with Gasteiger partial charge in [0.25, 0.3) is 5.91 Å². The summed E-state index contributed by atoms with van der Waals surface area (Å²) < 4.78 is 7.21. The van der Waals surface area contributed by atoms with Crippen molar-refractivity contribution in [3.8, 4) is 16.9 Å². The number of nitrogens with zero attached hydrogens (tertiary/aromatic N) is 1. The highest BCUT2D eigenvalue weighted by Crippen LogP contribution is 2.31. The highest BCUT2D eigenvalue weighted by molar-refractivity contribution is 9.10. The van der Waals surface area contributed by atoms with Gasteiger partial charge in [0.15, 0.2) is 0 Å². The molecule has 3 aromatic carbocycles. The van der Waals surface area contributed by atoms with Crippen LogP contribution in [-0.4, -0.2) is 36.5 Å². The lowest BCUT2D eigenvalue weighted by Gasteiger charge is -2.44. The number of rotatable bonds is 6. The maximum atomic E-state index is 12.7. The fourth-order valence-corrected chi connectivity index (χ4v) is 5.53. The van der Waals surface area contributed by atoms with Gasteiger partial charge in [0, 0.05) is 27.7 Å². The lowest BCUT2D eigenvalue weighted by atomic mass is 9.84. The zero-order valence-corrected chi connectivity index (χ0v) is 21.0. The second-order valence-corrected chi connectivity index (χ2v) is 10.3. The molecule has 2 aliphatic heterocycles. The smallest absolute Gasteiger partial charge is 0.255 e. The van der Waals surface area contributed by atoms with Gasteiger partial charge < -0.3 is 10.1 Å².